The highest BCUT2D eigenvalue weighted by molar-refractivity contribution is 7.26. The molecule has 0 unspecified atom stereocenters. The molecule has 5 heteroatoms. The molecule has 0 atom stereocenters. The Morgan fingerprint density at radius 3 is 1.49 bits per heavy atom. The standard InChI is InChI=1S/C48H33N3S2/c1-3-13-32(14-4-1)39-17-7-10-20-44(39)50-35-27-34(49-33-15-5-2-6-16-33)28-38(29-35)51(36-23-25-47-42(30-36)40-18-8-11-21-45(40)52-47)37-24-26-48-43(31-37)41-19-9-12-22-46(41)53-48/h1-31,49-50H. The molecule has 8 aromatic carbocycles. The fraction of sp³-hybridized carbons (Fsp3) is 0. The summed E-state index contributed by atoms with van der Waals surface area (Å²) in [6.07, 6.45) is 0. The first-order valence-electron chi connectivity index (χ1n) is 17.7. The van der Waals surface area contributed by atoms with E-state index < -0.39 is 0 Å². The third kappa shape index (κ3) is 5.96. The van der Waals surface area contributed by atoms with Gasteiger partial charge >= 0.3 is 0 Å². The molecule has 0 amide bonds. The summed E-state index contributed by atoms with van der Waals surface area (Å²) in [7, 11) is 0. The van der Waals surface area contributed by atoms with E-state index in [0.29, 0.717) is 0 Å². The molecule has 2 aromatic heterocycles. The largest absolute Gasteiger partial charge is 0.355 e. The van der Waals surface area contributed by atoms with Crippen LogP contribution < -0.4 is 15.5 Å². The lowest BCUT2D eigenvalue weighted by Crippen LogP contribution is -2.11. The van der Waals surface area contributed by atoms with Crippen LogP contribution in [-0.4, -0.2) is 0 Å². The fourth-order valence-corrected chi connectivity index (χ4v) is 9.52. The lowest BCUT2D eigenvalue weighted by atomic mass is 10.0. The van der Waals surface area contributed by atoms with Gasteiger partial charge in [-0.25, -0.2) is 0 Å². The molecule has 0 aliphatic carbocycles. The molecule has 2 N–H and O–H groups in total. The fourth-order valence-electron chi connectivity index (χ4n) is 7.34. The van der Waals surface area contributed by atoms with Crippen molar-refractivity contribution in [3.05, 3.63) is 188 Å². The van der Waals surface area contributed by atoms with Gasteiger partial charge in [-0.2, -0.15) is 0 Å². The smallest absolute Gasteiger partial charge is 0.0503 e. The van der Waals surface area contributed by atoms with Gasteiger partial charge in [-0.1, -0.05) is 103 Å². The van der Waals surface area contributed by atoms with E-state index in [9.17, 15) is 0 Å². The van der Waals surface area contributed by atoms with E-state index in [-0.39, 0.29) is 0 Å². The van der Waals surface area contributed by atoms with E-state index in [0.717, 1.165) is 45.4 Å². The number of anilines is 7. The first-order chi connectivity index (χ1) is 26.2. The molecule has 53 heavy (non-hydrogen) atoms. The SMILES string of the molecule is c1ccc(Nc2cc(Nc3ccccc3-c3ccccc3)cc(N(c3ccc4sc5ccccc5c4c3)c3ccc4sc5ccccc5c4c3)c2)cc1. The summed E-state index contributed by atoms with van der Waals surface area (Å²) in [4.78, 5) is 2.40. The van der Waals surface area contributed by atoms with Crippen LogP contribution in [0.3, 0.4) is 0 Å². The lowest BCUT2D eigenvalue weighted by Gasteiger charge is -2.27. The molecule has 3 nitrogen and oxygen atoms in total. The van der Waals surface area contributed by atoms with E-state index in [4.69, 9.17) is 0 Å². The predicted molar refractivity (Wildman–Crippen MR) is 232 cm³/mol. The Bertz CT molecular complexity index is 2800. The molecule has 0 bridgehead atoms. The van der Waals surface area contributed by atoms with Gasteiger partial charge in [0.2, 0.25) is 0 Å². The highest BCUT2D eigenvalue weighted by atomic mass is 32.1. The highest BCUT2D eigenvalue weighted by Crippen LogP contribution is 2.45. The van der Waals surface area contributed by atoms with Crippen molar-refractivity contribution in [3.63, 3.8) is 0 Å². The molecular formula is C48H33N3S2. The monoisotopic (exact) mass is 715 g/mol. The van der Waals surface area contributed by atoms with Gasteiger partial charge in [-0.3, -0.25) is 0 Å². The number of para-hydroxylation sites is 2. The zero-order valence-electron chi connectivity index (χ0n) is 28.7. The number of hydrogen-bond acceptors (Lipinski definition) is 5. The zero-order valence-corrected chi connectivity index (χ0v) is 30.3. The minimum Gasteiger partial charge on any atom is -0.355 e. The Kier molecular flexibility index (Phi) is 7.86. The van der Waals surface area contributed by atoms with Crippen LogP contribution in [0.25, 0.3) is 51.5 Å². The molecule has 0 saturated heterocycles. The van der Waals surface area contributed by atoms with Crippen LogP contribution in [0.4, 0.5) is 39.8 Å². The summed E-state index contributed by atoms with van der Waals surface area (Å²) < 4.78 is 5.17. The maximum atomic E-state index is 3.83. The van der Waals surface area contributed by atoms with Crippen LogP contribution in [0.1, 0.15) is 0 Å². The van der Waals surface area contributed by atoms with Crippen molar-refractivity contribution in [2.75, 3.05) is 15.5 Å². The molecule has 0 radical (unpaired) electrons. The number of thiophene rings is 2. The molecule has 0 spiro atoms. The number of nitrogens with one attached hydrogen (secondary N) is 2. The van der Waals surface area contributed by atoms with Crippen molar-refractivity contribution in [1.82, 2.24) is 0 Å². The van der Waals surface area contributed by atoms with Crippen LogP contribution in [0.5, 0.6) is 0 Å². The minimum absolute atomic E-state index is 0.985. The summed E-state index contributed by atoms with van der Waals surface area (Å²) in [5.41, 5.74) is 9.62. The van der Waals surface area contributed by atoms with Gasteiger partial charge in [0.1, 0.15) is 0 Å². The van der Waals surface area contributed by atoms with Gasteiger partial charge in [0.25, 0.3) is 0 Å². The van der Waals surface area contributed by atoms with Gasteiger partial charge in [0, 0.05) is 80.0 Å². The Morgan fingerprint density at radius 2 is 0.849 bits per heavy atom. The molecule has 10 rings (SSSR count). The third-order valence-corrected chi connectivity index (χ3v) is 12.1. The van der Waals surface area contributed by atoms with Crippen molar-refractivity contribution in [1.29, 1.82) is 0 Å². The second-order valence-electron chi connectivity index (χ2n) is 13.2. The van der Waals surface area contributed by atoms with Gasteiger partial charge < -0.3 is 15.5 Å². The maximum Gasteiger partial charge on any atom is 0.0503 e. The topological polar surface area (TPSA) is 27.3 Å². The molecule has 0 saturated carbocycles. The minimum atomic E-state index is 0.985. The molecule has 0 aliphatic rings. The van der Waals surface area contributed by atoms with E-state index in [1.54, 1.807) is 0 Å². The Balaban J connectivity index is 1.18. The normalized spacial score (nSPS) is 11.4. The first-order valence-corrected chi connectivity index (χ1v) is 19.4. The Morgan fingerprint density at radius 1 is 0.340 bits per heavy atom. The Labute approximate surface area is 316 Å². The molecular weight excluding hydrogens is 683 g/mol. The summed E-state index contributed by atoms with van der Waals surface area (Å²) in [5.74, 6) is 0. The van der Waals surface area contributed by atoms with Crippen LogP contribution in [-0.2, 0) is 0 Å². The summed E-state index contributed by atoms with van der Waals surface area (Å²) >= 11 is 3.70. The third-order valence-electron chi connectivity index (χ3n) is 9.77. The molecule has 10 aromatic rings. The maximum absolute atomic E-state index is 3.83. The predicted octanol–water partition coefficient (Wildman–Crippen LogP) is 15.0. The average molecular weight is 716 g/mol. The van der Waals surface area contributed by atoms with E-state index in [1.807, 2.05) is 28.7 Å². The van der Waals surface area contributed by atoms with E-state index >= 15 is 0 Å². The van der Waals surface area contributed by atoms with Crippen molar-refractivity contribution in [2.24, 2.45) is 0 Å². The van der Waals surface area contributed by atoms with Crippen molar-refractivity contribution in [3.8, 4) is 11.1 Å². The van der Waals surface area contributed by atoms with Gasteiger partial charge in [-0.05, 0) is 90.5 Å². The number of rotatable bonds is 8. The van der Waals surface area contributed by atoms with E-state index in [1.165, 1.54) is 45.9 Å². The van der Waals surface area contributed by atoms with Crippen molar-refractivity contribution in [2.45, 2.75) is 0 Å². The van der Waals surface area contributed by atoms with Crippen LogP contribution in [0.2, 0.25) is 0 Å². The number of hydrogen-bond donors (Lipinski definition) is 2. The van der Waals surface area contributed by atoms with Crippen LogP contribution in [0, 0.1) is 0 Å². The number of nitrogens with zero attached hydrogens (tertiary/aromatic N) is 1. The quantitative estimate of drug-likeness (QED) is 0.164. The molecule has 2 heterocycles. The van der Waals surface area contributed by atoms with Gasteiger partial charge in [-0.15, -0.1) is 22.7 Å². The van der Waals surface area contributed by atoms with Gasteiger partial charge in [0.05, 0.1) is 5.69 Å². The van der Waals surface area contributed by atoms with Crippen LogP contribution in [0.15, 0.2) is 188 Å². The second-order valence-corrected chi connectivity index (χ2v) is 15.4. The van der Waals surface area contributed by atoms with Gasteiger partial charge in [0.15, 0.2) is 0 Å². The zero-order chi connectivity index (χ0) is 35.1. The Hall–Kier alpha value is -6.40. The highest BCUT2D eigenvalue weighted by Gasteiger charge is 2.19. The van der Waals surface area contributed by atoms with Crippen molar-refractivity contribution >= 4 is 103 Å². The first kappa shape index (κ1) is 31.3. The van der Waals surface area contributed by atoms with Crippen LogP contribution >= 0.6 is 22.7 Å². The molecule has 0 fully saturated rings. The van der Waals surface area contributed by atoms with E-state index in [2.05, 4.69) is 198 Å². The summed E-state index contributed by atoms with van der Waals surface area (Å²) in [5, 5.41) is 12.6. The second kappa shape index (κ2) is 13.3. The number of benzene rings is 8. The van der Waals surface area contributed by atoms with Crippen molar-refractivity contribution < 1.29 is 0 Å². The summed E-state index contributed by atoms with van der Waals surface area (Å²) in [6.45, 7) is 0. The summed E-state index contributed by atoms with van der Waals surface area (Å²) in [6, 6.07) is 67.5. The molecule has 252 valence electrons. The number of fused-ring (bicyclic) bond motifs is 6. The lowest BCUT2D eigenvalue weighted by molar-refractivity contribution is 1.29. The average Bonchev–Trinajstić information content (AvgIpc) is 3.77. The molecule has 0 aliphatic heterocycles.